The minimum absolute atomic E-state index is 0. The summed E-state index contributed by atoms with van der Waals surface area (Å²) in [5.41, 5.74) is 1.77. The second-order valence-electron chi connectivity index (χ2n) is 6.11. The second-order valence-corrected chi connectivity index (χ2v) is 8.03. The van der Waals surface area contributed by atoms with Gasteiger partial charge >= 0.3 is 59.1 Å². The number of halogens is 1. The summed E-state index contributed by atoms with van der Waals surface area (Å²) in [4.78, 5) is 21.2. The fourth-order valence-electron chi connectivity index (χ4n) is 2.45. The number of hydrogen-bond donors (Lipinski definition) is 2. The molecule has 0 aliphatic carbocycles. The Morgan fingerprint density at radius 3 is 2.39 bits per heavy atom. The van der Waals surface area contributed by atoms with Crippen molar-refractivity contribution >= 4 is 19.2 Å². The van der Waals surface area contributed by atoms with Crippen LogP contribution in [0.3, 0.4) is 0 Å². The Hall–Kier alpha value is 0.600. The molecule has 0 heterocycles. The van der Waals surface area contributed by atoms with Crippen molar-refractivity contribution in [1.82, 2.24) is 5.32 Å². The SMILES string of the molecule is CC(Cc1ccc(OCP(=O)([O-])[O-])cc1)NCC(O)c1cccc(Cl)c1.[Na+].[Na+]. The number of ether oxygens (including phenoxy) is 1. The van der Waals surface area contributed by atoms with Crippen LogP contribution in [-0.4, -0.2) is 24.0 Å². The van der Waals surface area contributed by atoms with Gasteiger partial charge in [-0.15, -0.1) is 0 Å². The summed E-state index contributed by atoms with van der Waals surface area (Å²) in [7, 11) is -4.68. The van der Waals surface area contributed by atoms with E-state index in [1.165, 1.54) is 0 Å². The third-order valence-corrected chi connectivity index (χ3v) is 4.43. The minimum Gasteiger partial charge on any atom is -0.808 e. The zero-order chi connectivity index (χ0) is 19.2. The molecule has 6 nitrogen and oxygen atoms in total. The van der Waals surface area contributed by atoms with Crippen LogP contribution in [0.5, 0.6) is 5.75 Å². The molecule has 0 radical (unpaired) electrons. The summed E-state index contributed by atoms with van der Waals surface area (Å²) in [6.07, 6.45) is -0.794. The van der Waals surface area contributed by atoms with Crippen LogP contribution >= 0.6 is 19.2 Å². The van der Waals surface area contributed by atoms with Gasteiger partial charge in [0.25, 0.3) is 0 Å². The van der Waals surface area contributed by atoms with Crippen LogP contribution in [0.15, 0.2) is 48.5 Å². The van der Waals surface area contributed by atoms with Crippen LogP contribution in [0.4, 0.5) is 0 Å². The van der Waals surface area contributed by atoms with Crippen molar-refractivity contribution in [2.24, 2.45) is 0 Å². The van der Waals surface area contributed by atoms with E-state index in [0.717, 1.165) is 11.1 Å². The molecule has 0 bridgehead atoms. The van der Waals surface area contributed by atoms with Crippen molar-refractivity contribution < 1.29 is 83.3 Å². The molecule has 2 rings (SSSR count). The summed E-state index contributed by atoms with van der Waals surface area (Å²) in [5, 5.41) is 14.1. The van der Waals surface area contributed by atoms with Gasteiger partial charge in [0.15, 0.2) is 0 Å². The Balaban J connectivity index is 0.00000364. The Bertz CT molecular complexity index is 760. The summed E-state index contributed by atoms with van der Waals surface area (Å²) >= 11 is 5.93. The summed E-state index contributed by atoms with van der Waals surface area (Å²) in [6, 6.07) is 14.1. The van der Waals surface area contributed by atoms with Crippen LogP contribution < -0.4 is 79.0 Å². The fourth-order valence-corrected chi connectivity index (χ4v) is 2.95. The zero-order valence-electron chi connectivity index (χ0n) is 16.3. The average Bonchev–Trinajstić information content (AvgIpc) is 2.58. The molecule has 2 unspecified atom stereocenters. The Labute approximate surface area is 214 Å². The van der Waals surface area contributed by atoms with Gasteiger partial charge in [-0.1, -0.05) is 35.9 Å². The maximum Gasteiger partial charge on any atom is 1.00 e. The molecular weight excluding hydrogens is 423 g/mol. The van der Waals surface area contributed by atoms with E-state index in [1.807, 2.05) is 13.0 Å². The molecule has 0 aliphatic rings. The quantitative estimate of drug-likeness (QED) is 0.301. The molecule has 10 heteroatoms. The van der Waals surface area contributed by atoms with E-state index in [4.69, 9.17) is 16.3 Å². The number of nitrogens with one attached hydrogen (secondary N) is 1. The van der Waals surface area contributed by atoms with E-state index < -0.39 is 20.0 Å². The molecule has 2 aromatic carbocycles. The molecule has 0 saturated heterocycles. The van der Waals surface area contributed by atoms with Crippen molar-refractivity contribution in [3.05, 3.63) is 64.7 Å². The first-order valence-corrected chi connectivity index (χ1v) is 10.2. The van der Waals surface area contributed by atoms with Gasteiger partial charge in [-0.3, -0.25) is 0 Å². The summed E-state index contributed by atoms with van der Waals surface area (Å²) in [6.45, 7) is 2.39. The number of benzene rings is 2. The van der Waals surface area contributed by atoms with Gasteiger partial charge in [-0.05, 0) is 56.3 Å². The first-order chi connectivity index (χ1) is 12.2. The van der Waals surface area contributed by atoms with Crippen molar-refractivity contribution in [2.45, 2.75) is 25.5 Å². The number of rotatable bonds is 9. The van der Waals surface area contributed by atoms with E-state index in [2.05, 4.69) is 5.32 Å². The van der Waals surface area contributed by atoms with Crippen molar-refractivity contribution in [3.63, 3.8) is 0 Å². The molecule has 2 aromatic rings. The number of aliphatic hydroxyl groups is 1. The van der Waals surface area contributed by atoms with Crippen LogP contribution in [0.25, 0.3) is 0 Å². The van der Waals surface area contributed by atoms with Crippen LogP contribution in [0.2, 0.25) is 5.02 Å². The third-order valence-electron chi connectivity index (χ3n) is 3.75. The van der Waals surface area contributed by atoms with Gasteiger partial charge in [0.2, 0.25) is 0 Å². The van der Waals surface area contributed by atoms with E-state index >= 15 is 0 Å². The predicted molar refractivity (Wildman–Crippen MR) is 97.1 cm³/mol. The standard InChI is InChI=1S/C18H23ClNO5P.2Na/c1-13(20-11-18(21)15-3-2-4-16(19)10-15)9-14-5-7-17(8-6-14)25-12-26(22,23)24;;/h2-8,10,13,18,20-21H,9,11-12H2,1H3,(H2,22,23,24);;/q;2*+1/p-2. The molecule has 28 heavy (non-hydrogen) atoms. The Morgan fingerprint density at radius 2 is 1.82 bits per heavy atom. The molecule has 0 saturated carbocycles. The average molecular weight is 444 g/mol. The molecule has 0 fully saturated rings. The van der Waals surface area contributed by atoms with Gasteiger partial charge in [-0.25, -0.2) is 0 Å². The molecule has 0 amide bonds. The normalized spacial score (nSPS) is 13.0. The maximum absolute atomic E-state index is 10.6. The Morgan fingerprint density at radius 1 is 1.18 bits per heavy atom. The first kappa shape index (κ1) is 28.6. The molecule has 2 atom stereocenters. The number of aliphatic hydroxyl groups excluding tert-OH is 1. The van der Waals surface area contributed by atoms with Gasteiger partial charge in [0.1, 0.15) is 12.1 Å². The molecule has 0 spiro atoms. The zero-order valence-corrected chi connectivity index (χ0v) is 22.0. The Kier molecular flexibility index (Phi) is 14.1. The monoisotopic (exact) mass is 443 g/mol. The van der Waals surface area contributed by atoms with E-state index in [0.29, 0.717) is 23.7 Å². The summed E-state index contributed by atoms with van der Waals surface area (Å²) < 4.78 is 15.5. The van der Waals surface area contributed by atoms with Gasteiger partial charge in [0, 0.05) is 17.6 Å². The van der Waals surface area contributed by atoms with Crippen LogP contribution in [0.1, 0.15) is 24.2 Å². The third kappa shape index (κ3) is 11.1. The predicted octanol–water partition coefficient (Wildman–Crippen LogP) is -4.15. The summed E-state index contributed by atoms with van der Waals surface area (Å²) in [5.74, 6) is 0.331. The molecule has 0 aromatic heterocycles. The van der Waals surface area contributed by atoms with Crippen LogP contribution in [0, 0.1) is 0 Å². The molecule has 2 N–H and O–H groups in total. The first-order valence-electron chi connectivity index (χ1n) is 8.12. The van der Waals surface area contributed by atoms with Crippen LogP contribution in [-0.2, 0) is 11.0 Å². The second kappa shape index (κ2) is 13.8. The van der Waals surface area contributed by atoms with Gasteiger partial charge < -0.3 is 29.5 Å². The van der Waals surface area contributed by atoms with E-state index in [1.54, 1.807) is 42.5 Å². The minimum atomic E-state index is -4.68. The van der Waals surface area contributed by atoms with Crippen molar-refractivity contribution in [3.8, 4) is 5.75 Å². The largest absolute Gasteiger partial charge is 1.00 e. The van der Waals surface area contributed by atoms with Gasteiger partial charge in [-0.2, -0.15) is 0 Å². The van der Waals surface area contributed by atoms with E-state index in [-0.39, 0.29) is 65.2 Å². The van der Waals surface area contributed by atoms with Gasteiger partial charge in [0.05, 0.1) is 6.10 Å². The molecular formula is C18H21ClNNa2O5P. The van der Waals surface area contributed by atoms with Crippen molar-refractivity contribution in [2.75, 3.05) is 12.9 Å². The van der Waals surface area contributed by atoms with Crippen molar-refractivity contribution in [1.29, 1.82) is 0 Å². The smallest absolute Gasteiger partial charge is 0.808 e. The van der Waals surface area contributed by atoms with E-state index in [9.17, 15) is 19.5 Å². The topological polar surface area (TPSA) is 105 Å². The maximum atomic E-state index is 10.6. The molecule has 142 valence electrons. The fraction of sp³-hybridized carbons (Fsp3) is 0.333. The number of hydrogen-bond acceptors (Lipinski definition) is 6. The molecule has 0 aliphatic heterocycles.